The second kappa shape index (κ2) is 9.77. The lowest BCUT2D eigenvalue weighted by atomic mass is 10.1. The number of nitro groups is 1. The number of halogens is 3. The van der Waals surface area contributed by atoms with Gasteiger partial charge in [0.2, 0.25) is 0 Å². The number of alkyl halides is 3. The van der Waals surface area contributed by atoms with Crippen molar-refractivity contribution in [3.8, 4) is 11.3 Å². The van der Waals surface area contributed by atoms with Crippen LogP contribution in [0.4, 0.5) is 34.5 Å². The maximum Gasteiger partial charge on any atom is 0.416 e. The molecule has 0 fully saturated rings. The van der Waals surface area contributed by atoms with E-state index in [9.17, 15) is 28.1 Å². The Morgan fingerprint density at radius 2 is 1.88 bits per heavy atom. The molecule has 0 atom stereocenters. The van der Waals surface area contributed by atoms with Gasteiger partial charge in [0.05, 0.1) is 56.1 Å². The van der Waals surface area contributed by atoms with Crippen molar-refractivity contribution in [3.63, 3.8) is 0 Å². The second-order valence-electron chi connectivity index (χ2n) is 8.45. The molecule has 1 heterocycles. The number of hydrogen-bond acceptors (Lipinski definition) is 5. The van der Waals surface area contributed by atoms with Crippen LogP contribution in [0, 0.1) is 10.1 Å². The number of likely N-dealkylation sites (N-methyl/N-ethyl adjacent to an activating group) is 1. The molecule has 0 radical (unpaired) electrons. The molecular formula is C22H23F3N5O3S+. The first-order valence-corrected chi connectivity index (χ1v) is 11.0. The zero-order valence-electron chi connectivity index (χ0n) is 18.7. The van der Waals surface area contributed by atoms with Gasteiger partial charge in [-0.1, -0.05) is 18.2 Å². The number of non-ortho nitro benzene ring substituents is 1. The number of rotatable bonds is 7. The van der Waals surface area contributed by atoms with Gasteiger partial charge in [-0.3, -0.25) is 10.1 Å². The van der Waals surface area contributed by atoms with Crippen LogP contribution in [-0.2, 0) is 6.18 Å². The minimum atomic E-state index is -4.58. The Bertz CT molecular complexity index is 1190. The normalized spacial score (nSPS) is 11.8. The van der Waals surface area contributed by atoms with Crippen LogP contribution < -0.4 is 10.2 Å². The Kier molecular flexibility index (Phi) is 7.22. The van der Waals surface area contributed by atoms with Gasteiger partial charge in [0.15, 0.2) is 5.13 Å². The van der Waals surface area contributed by atoms with Crippen molar-refractivity contribution in [2.75, 3.05) is 39.1 Å². The monoisotopic (exact) mass is 494 g/mol. The van der Waals surface area contributed by atoms with Crippen molar-refractivity contribution in [3.05, 3.63) is 69.6 Å². The number of nitrogens with zero attached hydrogens (tertiary/aromatic N) is 4. The van der Waals surface area contributed by atoms with Crippen molar-refractivity contribution < 1.29 is 27.4 Å². The number of carbonyl (C=O) groups is 1. The number of urea groups is 1. The smallest absolute Gasteiger partial charge is 0.332 e. The molecule has 0 spiro atoms. The Labute approximate surface area is 198 Å². The average molecular weight is 495 g/mol. The van der Waals surface area contributed by atoms with Crippen LogP contribution in [-0.4, -0.2) is 54.7 Å². The summed E-state index contributed by atoms with van der Waals surface area (Å²) in [4.78, 5) is 29.1. The first-order valence-electron chi connectivity index (χ1n) is 10.1. The lowest BCUT2D eigenvalue weighted by Gasteiger charge is -2.25. The van der Waals surface area contributed by atoms with E-state index in [1.165, 1.54) is 30.3 Å². The maximum absolute atomic E-state index is 13.3. The van der Waals surface area contributed by atoms with Crippen molar-refractivity contribution in [2.24, 2.45) is 0 Å². The van der Waals surface area contributed by atoms with Gasteiger partial charge in [0, 0.05) is 23.1 Å². The van der Waals surface area contributed by atoms with Gasteiger partial charge < -0.3 is 9.80 Å². The topological polar surface area (TPSA) is 88.4 Å². The van der Waals surface area contributed by atoms with Gasteiger partial charge in [-0.05, 0) is 18.2 Å². The third-order valence-electron chi connectivity index (χ3n) is 4.73. The molecule has 0 aliphatic carbocycles. The van der Waals surface area contributed by atoms with Crippen LogP contribution in [0.3, 0.4) is 0 Å². The summed E-state index contributed by atoms with van der Waals surface area (Å²) < 4.78 is 40.5. The molecular weight excluding hydrogens is 471 g/mol. The predicted octanol–water partition coefficient (Wildman–Crippen LogP) is 5.29. The van der Waals surface area contributed by atoms with Crippen LogP contribution in [0.25, 0.3) is 11.3 Å². The molecule has 3 rings (SSSR count). The summed E-state index contributed by atoms with van der Waals surface area (Å²) >= 11 is 1.04. The Balaban J connectivity index is 1.99. The third kappa shape index (κ3) is 6.29. The van der Waals surface area contributed by atoms with Crippen LogP contribution in [0.5, 0.6) is 0 Å². The molecule has 180 valence electrons. The summed E-state index contributed by atoms with van der Waals surface area (Å²) in [5.41, 5.74) is -0.215. The standard InChI is InChI=1S/C22H22F3N5O3S/c1-30(2,3)11-10-26-20(31)28(17-8-5-7-16(13-17)22(23,24)25)21-27-19(14-34-21)15-6-4-9-18(12-15)29(32)33/h4-9,12-14H,10-11H2,1-3H3/p+1. The third-order valence-corrected chi connectivity index (χ3v) is 5.56. The average Bonchev–Trinajstić information content (AvgIpc) is 3.22. The summed E-state index contributed by atoms with van der Waals surface area (Å²) in [6, 6.07) is 9.61. The number of aromatic nitrogens is 1. The minimum Gasteiger partial charge on any atom is -0.332 e. The van der Waals surface area contributed by atoms with Crippen molar-refractivity contribution >= 4 is 33.9 Å². The zero-order chi connectivity index (χ0) is 25.1. The van der Waals surface area contributed by atoms with E-state index < -0.39 is 22.7 Å². The highest BCUT2D eigenvalue weighted by molar-refractivity contribution is 7.14. The number of anilines is 2. The van der Waals surface area contributed by atoms with E-state index in [0.29, 0.717) is 28.8 Å². The lowest BCUT2D eigenvalue weighted by molar-refractivity contribution is -0.869. The number of nitro benzene ring substituents is 1. The molecule has 1 aromatic heterocycles. The van der Waals surface area contributed by atoms with Crippen LogP contribution in [0.1, 0.15) is 5.56 Å². The van der Waals surface area contributed by atoms with Gasteiger partial charge in [0.1, 0.15) is 0 Å². The summed E-state index contributed by atoms with van der Waals surface area (Å²) in [5, 5.41) is 15.5. The van der Waals surface area contributed by atoms with Crippen molar-refractivity contribution in [1.82, 2.24) is 10.3 Å². The van der Waals surface area contributed by atoms with Crippen molar-refractivity contribution in [1.29, 1.82) is 0 Å². The number of carbonyl (C=O) groups excluding carboxylic acids is 1. The molecule has 34 heavy (non-hydrogen) atoms. The van der Waals surface area contributed by atoms with E-state index in [0.717, 1.165) is 28.4 Å². The van der Waals surface area contributed by atoms with Crippen LogP contribution in [0.15, 0.2) is 53.9 Å². The van der Waals surface area contributed by atoms with E-state index >= 15 is 0 Å². The highest BCUT2D eigenvalue weighted by Gasteiger charge is 2.32. The Morgan fingerprint density at radius 1 is 1.18 bits per heavy atom. The molecule has 2 aromatic carbocycles. The van der Waals surface area contributed by atoms with Gasteiger partial charge >= 0.3 is 12.2 Å². The molecule has 0 bridgehead atoms. The minimum absolute atomic E-state index is 0.00230. The molecule has 2 amide bonds. The van der Waals surface area contributed by atoms with Crippen LogP contribution >= 0.6 is 11.3 Å². The number of thiazole rings is 1. The van der Waals surface area contributed by atoms with Crippen LogP contribution in [0.2, 0.25) is 0 Å². The van der Waals surface area contributed by atoms with Gasteiger partial charge in [-0.2, -0.15) is 13.2 Å². The summed E-state index contributed by atoms with van der Waals surface area (Å²) in [6.07, 6.45) is -4.58. The van der Waals surface area contributed by atoms with Crippen molar-refractivity contribution in [2.45, 2.75) is 6.18 Å². The molecule has 3 aromatic rings. The summed E-state index contributed by atoms with van der Waals surface area (Å²) in [5.74, 6) is 0. The fourth-order valence-electron chi connectivity index (χ4n) is 2.99. The summed E-state index contributed by atoms with van der Waals surface area (Å²) in [6.45, 7) is 0.889. The fourth-order valence-corrected chi connectivity index (χ4v) is 3.84. The molecule has 8 nitrogen and oxygen atoms in total. The van der Waals surface area contributed by atoms with E-state index in [1.54, 1.807) is 11.4 Å². The van der Waals surface area contributed by atoms with Gasteiger partial charge in [0.25, 0.3) is 5.69 Å². The highest BCUT2D eigenvalue weighted by Crippen LogP contribution is 2.36. The van der Waals surface area contributed by atoms with E-state index in [1.807, 2.05) is 21.1 Å². The molecule has 0 saturated carbocycles. The first kappa shape index (κ1) is 25.1. The Morgan fingerprint density at radius 3 is 2.53 bits per heavy atom. The summed E-state index contributed by atoms with van der Waals surface area (Å²) in [7, 11) is 5.84. The number of quaternary nitrogens is 1. The SMILES string of the molecule is C[N+](C)(C)CCNC(=O)N(c1cccc(C(F)(F)F)c1)c1nc(-c2cccc([N+](=O)[O-])c2)cs1. The molecule has 0 saturated heterocycles. The predicted molar refractivity (Wildman–Crippen MR) is 124 cm³/mol. The molecule has 12 heteroatoms. The lowest BCUT2D eigenvalue weighted by Crippen LogP contribution is -2.45. The molecule has 0 aliphatic heterocycles. The largest absolute Gasteiger partial charge is 0.416 e. The number of hydrogen-bond donors (Lipinski definition) is 1. The Hall–Kier alpha value is -3.51. The quantitative estimate of drug-likeness (QED) is 0.275. The maximum atomic E-state index is 13.3. The number of nitrogens with one attached hydrogen (secondary N) is 1. The van der Waals surface area contributed by atoms with E-state index in [4.69, 9.17) is 0 Å². The zero-order valence-corrected chi connectivity index (χ0v) is 19.5. The molecule has 0 unspecified atom stereocenters. The van der Waals surface area contributed by atoms with Gasteiger partial charge in [-0.25, -0.2) is 14.7 Å². The number of benzene rings is 2. The highest BCUT2D eigenvalue weighted by atomic mass is 32.1. The molecule has 1 N–H and O–H groups in total. The molecule has 0 aliphatic rings. The number of amides is 2. The van der Waals surface area contributed by atoms with Gasteiger partial charge in [-0.15, -0.1) is 11.3 Å². The first-order chi connectivity index (χ1) is 15.8. The van der Waals surface area contributed by atoms with E-state index in [2.05, 4.69) is 10.3 Å². The fraction of sp³-hybridized carbons (Fsp3) is 0.273. The second-order valence-corrected chi connectivity index (χ2v) is 9.29. The van der Waals surface area contributed by atoms with E-state index in [-0.39, 0.29) is 16.5 Å².